The van der Waals surface area contributed by atoms with Crippen LogP contribution in [0.3, 0.4) is 0 Å². The molecular formula is C22H15N3O5S. The molecule has 3 heterocycles. The molecular weight excluding hydrogens is 418 g/mol. The van der Waals surface area contributed by atoms with Crippen molar-refractivity contribution in [3.63, 3.8) is 0 Å². The minimum atomic E-state index is -0.879. The molecule has 0 spiro atoms. The van der Waals surface area contributed by atoms with Crippen molar-refractivity contribution in [2.45, 2.75) is 19.9 Å². The number of aryl methyl sites for hydroxylation is 2. The van der Waals surface area contributed by atoms with Crippen LogP contribution >= 0.6 is 11.3 Å². The molecule has 0 saturated heterocycles. The van der Waals surface area contributed by atoms with Crippen molar-refractivity contribution >= 4 is 39.0 Å². The van der Waals surface area contributed by atoms with Gasteiger partial charge in [-0.3, -0.25) is 24.6 Å². The van der Waals surface area contributed by atoms with Gasteiger partial charge in [-0.1, -0.05) is 12.1 Å². The van der Waals surface area contributed by atoms with Gasteiger partial charge >= 0.3 is 0 Å². The molecule has 1 amide bonds. The first-order valence-electron chi connectivity index (χ1n) is 9.42. The maximum Gasteiger partial charge on any atom is 0.297 e. The number of carbonyl (C=O) groups is 1. The van der Waals surface area contributed by atoms with Gasteiger partial charge in [0.1, 0.15) is 5.58 Å². The normalized spacial score (nSPS) is 15.5. The Morgan fingerprint density at radius 1 is 1.16 bits per heavy atom. The first-order valence-corrected chi connectivity index (χ1v) is 10.3. The Kier molecular flexibility index (Phi) is 4.23. The molecule has 1 aliphatic heterocycles. The van der Waals surface area contributed by atoms with E-state index in [1.54, 1.807) is 29.8 Å². The minimum Gasteiger partial charge on any atom is -0.450 e. The van der Waals surface area contributed by atoms with Gasteiger partial charge in [0.25, 0.3) is 11.6 Å². The molecule has 0 fully saturated rings. The van der Waals surface area contributed by atoms with Crippen molar-refractivity contribution in [3.8, 4) is 0 Å². The van der Waals surface area contributed by atoms with Crippen LogP contribution in [0.4, 0.5) is 10.8 Å². The number of fused-ring (bicyclic) bond motifs is 2. The molecule has 1 atom stereocenters. The van der Waals surface area contributed by atoms with E-state index in [-0.39, 0.29) is 22.4 Å². The maximum absolute atomic E-state index is 13.6. The van der Waals surface area contributed by atoms with Gasteiger partial charge < -0.3 is 4.42 Å². The first kappa shape index (κ1) is 19.1. The van der Waals surface area contributed by atoms with Crippen LogP contribution in [0.25, 0.3) is 11.0 Å². The molecule has 1 aliphatic rings. The second kappa shape index (κ2) is 6.85. The topological polar surface area (TPSA) is 107 Å². The van der Waals surface area contributed by atoms with Crippen molar-refractivity contribution in [2.75, 3.05) is 4.90 Å². The average Bonchev–Trinajstić information content (AvgIpc) is 3.36. The highest BCUT2D eigenvalue weighted by atomic mass is 32.1. The van der Waals surface area contributed by atoms with E-state index in [9.17, 15) is 19.7 Å². The van der Waals surface area contributed by atoms with E-state index < -0.39 is 16.9 Å². The first-order chi connectivity index (χ1) is 14.9. The summed E-state index contributed by atoms with van der Waals surface area (Å²) in [5.74, 6) is -0.564. The summed E-state index contributed by atoms with van der Waals surface area (Å²) in [6.07, 6.45) is 1.55. The predicted molar refractivity (Wildman–Crippen MR) is 116 cm³/mol. The maximum atomic E-state index is 13.6. The summed E-state index contributed by atoms with van der Waals surface area (Å²) in [6.45, 7) is 3.80. The number of anilines is 1. The molecule has 0 bridgehead atoms. The highest BCUT2D eigenvalue weighted by Gasteiger charge is 2.45. The largest absolute Gasteiger partial charge is 0.450 e. The van der Waals surface area contributed by atoms with Gasteiger partial charge in [-0.2, -0.15) is 0 Å². The predicted octanol–water partition coefficient (Wildman–Crippen LogP) is 4.52. The summed E-state index contributed by atoms with van der Waals surface area (Å²) in [5.41, 5.74) is 2.33. The van der Waals surface area contributed by atoms with Crippen molar-refractivity contribution in [1.82, 2.24) is 4.98 Å². The fourth-order valence-corrected chi connectivity index (χ4v) is 4.55. The highest BCUT2D eigenvalue weighted by Crippen LogP contribution is 2.42. The molecule has 2 aromatic carbocycles. The zero-order valence-corrected chi connectivity index (χ0v) is 17.3. The van der Waals surface area contributed by atoms with Gasteiger partial charge in [-0.15, -0.1) is 11.3 Å². The van der Waals surface area contributed by atoms with Gasteiger partial charge in [-0.25, -0.2) is 4.98 Å². The number of non-ortho nitro benzene ring substituents is 1. The lowest BCUT2D eigenvalue weighted by Crippen LogP contribution is -2.29. The molecule has 0 radical (unpaired) electrons. The van der Waals surface area contributed by atoms with Crippen molar-refractivity contribution in [3.05, 3.63) is 96.3 Å². The number of nitro benzene ring substituents is 1. The van der Waals surface area contributed by atoms with E-state index in [0.29, 0.717) is 21.7 Å². The van der Waals surface area contributed by atoms with Crippen LogP contribution < -0.4 is 10.3 Å². The molecule has 0 saturated carbocycles. The summed E-state index contributed by atoms with van der Waals surface area (Å²) in [5, 5.41) is 13.8. The van der Waals surface area contributed by atoms with E-state index >= 15 is 0 Å². The lowest BCUT2D eigenvalue weighted by Gasteiger charge is -2.22. The van der Waals surface area contributed by atoms with E-state index in [4.69, 9.17) is 4.42 Å². The Hall–Kier alpha value is -3.85. The number of nitro groups is 1. The number of carbonyl (C=O) groups excluding carboxylic acids is 1. The fourth-order valence-electron chi connectivity index (χ4n) is 3.88. The van der Waals surface area contributed by atoms with E-state index in [2.05, 4.69) is 4.98 Å². The van der Waals surface area contributed by atoms with Gasteiger partial charge in [0.05, 0.1) is 21.9 Å². The van der Waals surface area contributed by atoms with E-state index in [1.165, 1.54) is 34.4 Å². The van der Waals surface area contributed by atoms with Crippen molar-refractivity contribution in [1.29, 1.82) is 0 Å². The van der Waals surface area contributed by atoms with Crippen LogP contribution in [0.1, 0.15) is 38.9 Å². The molecule has 8 nitrogen and oxygen atoms in total. The van der Waals surface area contributed by atoms with Gasteiger partial charge in [0.2, 0.25) is 5.76 Å². The number of nitrogens with zero attached hydrogens (tertiary/aromatic N) is 3. The Morgan fingerprint density at radius 2 is 1.94 bits per heavy atom. The molecule has 4 aromatic rings. The molecule has 0 N–H and O–H groups in total. The quantitative estimate of drug-likeness (QED) is 0.347. The van der Waals surface area contributed by atoms with Crippen LogP contribution in [0, 0.1) is 24.0 Å². The molecule has 0 unspecified atom stereocenters. The number of hydrogen-bond donors (Lipinski definition) is 0. The van der Waals surface area contributed by atoms with Gasteiger partial charge in [0, 0.05) is 23.7 Å². The van der Waals surface area contributed by atoms with Gasteiger partial charge in [-0.05, 0) is 42.7 Å². The Balaban J connectivity index is 1.84. The van der Waals surface area contributed by atoms with Crippen LogP contribution in [0.15, 0.2) is 57.2 Å². The summed E-state index contributed by atoms with van der Waals surface area (Å²) in [6, 6.07) is 8.54. The molecule has 154 valence electrons. The molecule has 0 aliphatic carbocycles. The smallest absolute Gasteiger partial charge is 0.297 e. The van der Waals surface area contributed by atoms with Crippen molar-refractivity contribution < 1.29 is 14.1 Å². The number of hydrogen-bond acceptors (Lipinski definition) is 7. The van der Waals surface area contributed by atoms with Crippen molar-refractivity contribution in [2.24, 2.45) is 0 Å². The number of amides is 1. The summed E-state index contributed by atoms with van der Waals surface area (Å²) < 4.78 is 5.94. The number of thiazole rings is 1. The lowest BCUT2D eigenvalue weighted by atomic mass is 9.97. The monoisotopic (exact) mass is 433 g/mol. The average molecular weight is 433 g/mol. The second-order valence-electron chi connectivity index (χ2n) is 7.35. The number of aromatic nitrogens is 1. The summed E-state index contributed by atoms with van der Waals surface area (Å²) in [7, 11) is 0. The summed E-state index contributed by atoms with van der Waals surface area (Å²) in [4.78, 5) is 43.4. The standard InChI is InChI=1S/C22H15N3O5S/c1-11-8-15-16(9-12(11)2)30-20-17(19(15)26)18(13-4-3-5-14(10-13)25(28)29)24(21(20)27)22-23-6-7-31-22/h3-10,18H,1-2H3/t18-/m1/s1. The molecule has 2 aromatic heterocycles. The van der Waals surface area contributed by atoms with E-state index in [1.807, 2.05) is 13.8 Å². The van der Waals surface area contributed by atoms with Crippen LogP contribution in [-0.4, -0.2) is 15.8 Å². The zero-order chi connectivity index (χ0) is 21.9. The lowest BCUT2D eigenvalue weighted by molar-refractivity contribution is -0.384. The SMILES string of the molecule is Cc1cc2oc3c(c(=O)c2cc1C)[C@@H](c1cccc([N+](=O)[O-])c1)N(c1nccs1)C3=O. The fraction of sp³-hybridized carbons (Fsp3) is 0.136. The third-order valence-electron chi connectivity index (χ3n) is 5.51. The van der Waals surface area contributed by atoms with Crippen LogP contribution in [0.5, 0.6) is 0 Å². The third kappa shape index (κ3) is 2.85. The zero-order valence-electron chi connectivity index (χ0n) is 16.5. The number of benzene rings is 2. The van der Waals surface area contributed by atoms with Crippen LogP contribution in [0.2, 0.25) is 0 Å². The molecule has 5 rings (SSSR count). The molecule has 9 heteroatoms. The molecule has 31 heavy (non-hydrogen) atoms. The van der Waals surface area contributed by atoms with Gasteiger partial charge in [0.15, 0.2) is 10.6 Å². The number of rotatable bonds is 3. The Labute approximate surface area is 179 Å². The van der Waals surface area contributed by atoms with Crippen LogP contribution in [-0.2, 0) is 0 Å². The highest BCUT2D eigenvalue weighted by molar-refractivity contribution is 7.13. The Morgan fingerprint density at radius 3 is 2.65 bits per heavy atom. The second-order valence-corrected chi connectivity index (χ2v) is 8.22. The van der Waals surface area contributed by atoms with E-state index in [0.717, 1.165) is 11.1 Å². The summed E-state index contributed by atoms with van der Waals surface area (Å²) >= 11 is 1.23. The third-order valence-corrected chi connectivity index (χ3v) is 6.28. The minimum absolute atomic E-state index is 0.0625. The Bertz CT molecular complexity index is 1440.